The molecule has 2 atom stereocenters. The minimum Gasteiger partial charge on any atom is -0.321 e. The van der Waals surface area contributed by atoms with Crippen molar-refractivity contribution < 1.29 is 0 Å². The summed E-state index contributed by atoms with van der Waals surface area (Å²) in [6.07, 6.45) is 6.18. The molecule has 0 aliphatic heterocycles. The van der Waals surface area contributed by atoms with Gasteiger partial charge in [0.25, 0.3) is 0 Å². The largest absolute Gasteiger partial charge is 0.321 e. The number of aryl methyl sites for hydroxylation is 1. The molecule has 1 nitrogen and oxygen atoms in total. The van der Waals surface area contributed by atoms with E-state index in [4.69, 9.17) is 5.73 Å². The molecular weight excluding hydrogens is 230 g/mol. The number of nitrogens with two attached hydrogens (primary N) is 1. The van der Waals surface area contributed by atoms with Crippen LogP contribution in [0.15, 0.2) is 18.2 Å². The minimum atomic E-state index is -0.0975. The fourth-order valence-electron chi connectivity index (χ4n) is 3.62. The molecule has 0 saturated heterocycles. The van der Waals surface area contributed by atoms with Crippen molar-refractivity contribution in [2.45, 2.75) is 65.3 Å². The molecule has 1 aromatic rings. The molecule has 0 aromatic heterocycles. The predicted molar refractivity (Wildman–Crippen MR) is 83.2 cm³/mol. The van der Waals surface area contributed by atoms with Crippen LogP contribution in [0.25, 0.3) is 0 Å². The van der Waals surface area contributed by atoms with Gasteiger partial charge in [0.15, 0.2) is 0 Å². The Kier molecular flexibility index (Phi) is 4.35. The van der Waals surface area contributed by atoms with Gasteiger partial charge in [0.2, 0.25) is 0 Å². The predicted octanol–water partition coefficient (Wildman–Crippen LogP) is 4.69. The first-order chi connectivity index (χ1) is 8.94. The molecule has 19 heavy (non-hydrogen) atoms. The van der Waals surface area contributed by atoms with Crippen molar-refractivity contribution >= 4 is 0 Å². The third kappa shape index (κ3) is 3.02. The smallest absolute Gasteiger partial charge is 0.0412 e. The van der Waals surface area contributed by atoms with Gasteiger partial charge in [-0.2, -0.15) is 0 Å². The summed E-state index contributed by atoms with van der Waals surface area (Å²) in [7, 11) is 0. The monoisotopic (exact) mass is 259 g/mol. The summed E-state index contributed by atoms with van der Waals surface area (Å²) in [5.41, 5.74) is 10.9. The van der Waals surface area contributed by atoms with Crippen molar-refractivity contribution in [3.63, 3.8) is 0 Å². The van der Waals surface area contributed by atoms with Crippen molar-refractivity contribution in [1.29, 1.82) is 0 Å². The molecule has 1 aromatic carbocycles. The number of hydrogen-bond donors (Lipinski definition) is 1. The lowest BCUT2D eigenvalue weighted by molar-refractivity contribution is 0.325. The second-order valence-corrected chi connectivity index (χ2v) is 6.84. The number of rotatable bonds is 2. The van der Waals surface area contributed by atoms with E-state index in [1.807, 2.05) is 0 Å². The van der Waals surface area contributed by atoms with E-state index in [9.17, 15) is 0 Å². The highest BCUT2D eigenvalue weighted by Gasteiger charge is 2.32. The van der Waals surface area contributed by atoms with Gasteiger partial charge in [-0.3, -0.25) is 0 Å². The SMILES string of the molecule is Cc1cccc(C2(N)CCCC(C(C)C)CC2)c1C. The highest BCUT2D eigenvalue weighted by Crippen LogP contribution is 2.39. The summed E-state index contributed by atoms with van der Waals surface area (Å²) in [6, 6.07) is 6.60. The van der Waals surface area contributed by atoms with Gasteiger partial charge in [0.05, 0.1) is 0 Å². The lowest BCUT2D eigenvalue weighted by Gasteiger charge is -2.31. The standard InChI is InChI=1S/C18H29N/c1-13(2)16-8-6-11-18(19,12-10-16)17-9-5-7-14(3)15(17)4/h5,7,9,13,16H,6,8,10-12,19H2,1-4H3. The first-order valence-corrected chi connectivity index (χ1v) is 7.79. The van der Waals surface area contributed by atoms with Crippen LogP contribution in [-0.2, 0) is 5.54 Å². The van der Waals surface area contributed by atoms with Crippen LogP contribution >= 0.6 is 0 Å². The Labute approximate surface area is 118 Å². The Morgan fingerprint density at radius 3 is 2.58 bits per heavy atom. The average Bonchev–Trinajstić information content (AvgIpc) is 2.55. The van der Waals surface area contributed by atoms with Crippen LogP contribution in [0.5, 0.6) is 0 Å². The molecule has 1 aliphatic carbocycles. The molecule has 0 spiro atoms. The van der Waals surface area contributed by atoms with Crippen LogP contribution in [-0.4, -0.2) is 0 Å². The first kappa shape index (κ1) is 14.6. The van der Waals surface area contributed by atoms with Crippen molar-refractivity contribution in [2.75, 3.05) is 0 Å². The molecule has 0 amide bonds. The molecule has 106 valence electrons. The maximum atomic E-state index is 6.81. The van der Waals surface area contributed by atoms with Gasteiger partial charge in [-0.1, -0.05) is 44.9 Å². The number of hydrogen-bond acceptors (Lipinski definition) is 1. The fourth-order valence-corrected chi connectivity index (χ4v) is 3.62. The maximum Gasteiger partial charge on any atom is 0.0412 e. The van der Waals surface area contributed by atoms with E-state index in [0.29, 0.717) is 0 Å². The van der Waals surface area contributed by atoms with Gasteiger partial charge < -0.3 is 5.73 Å². The molecule has 0 bridgehead atoms. The van der Waals surface area contributed by atoms with Gasteiger partial charge in [-0.15, -0.1) is 0 Å². The van der Waals surface area contributed by atoms with E-state index in [0.717, 1.165) is 24.7 Å². The van der Waals surface area contributed by atoms with Crippen LogP contribution < -0.4 is 5.73 Å². The zero-order chi connectivity index (χ0) is 14.0. The topological polar surface area (TPSA) is 26.0 Å². The summed E-state index contributed by atoms with van der Waals surface area (Å²) >= 11 is 0. The number of benzene rings is 1. The second kappa shape index (κ2) is 5.66. The zero-order valence-corrected chi connectivity index (χ0v) is 13.0. The Morgan fingerprint density at radius 1 is 1.16 bits per heavy atom. The third-order valence-electron chi connectivity index (χ3n) is 5.24. The van der Waals surface area contributed by atoms with Crippen LogP contribution in [0.3, 0.4) is 0 Å². The lowest BCUT2D eigenvalue weighted by Crippen LogP contribution is -2.37. The summed E-state index contributed by atoms with van der Waals surface area (Å²) in [6.45, 7) is 9.12. The van der Waals surface area contributed by atoms with E-state index < -0.39 is 0 Å². The van der Waals surface area contributed by atoms with Crippen molar-refractivity contribution in [3.8, 4) is 0 Å². The van der Waals surface area contributed by atoms with E-state index in [2.05, 4.69) is 45.9 Å². The third-order valence-corrected chi connectivity index (χ3v) is 5.24. The van der Waals surface area contributed by atoms with Crippen LogP contribution in [0.4, 0.5) is 0 Å². The van der Waals surface area contributed by atoms with Crippen molar-refractivity contribution in [3.05, 3.63) is 34.9 Å². The molecule has 1 heteroatoms. The van der Waals surface area contributed by atoms with Crippen molar-refractivity contribution in [2.24, 2.45) is 17.6 Å². The molecule has 1 aliphatic rings. The van der Waals surface area contributed by atoms with E-state index in [-0.39, 0.29) is 5.54 Å². The molecule has 2 N–H and O–H groups in total. The van der Waals surface area contributed by atoms with Crippen molar-refractivity contribution in [1.82, 2.24) is 0 Å². The Hall–Kier alpha value is -0.820. The van der Waals surface area contributed by atoms with E-state index in [1.54, 1.807) is 0 Å². The lowest BCUT2D eigenvalue weighted by atomic mass is 9.80. The highest BCUT2D eigenvalue weighted by molar-refractivity contribution is 5.38. The summed E-state index contributed by atoms with van der Waals surface area (Å²) < 4.78 is 0. The van der Waals surface area contributed by atoms with E-state index >= 15 is 0 Å². The zero-order valence-electron chi connectivity index (χ0n) is 13.0. The van der Waals surface area contributed by atoms with Gasteiger partial charge >= 0.3 is 0 Å². The first-order valence-electron chi connectivity index (χ1n) is 7.79. The molecule has 2 rings (SSSR count). The summed E-state index contributed by atoms with van der Waals surface area (Å²) in [4.78, 5) is 0. The average molecular weight is 259 g/mol. The summed E-state index contributed by atoms with van der Waals surface area (Å²) in [5, 5.41) is 0. The Bertz CT molecular complexity index is 435. The highest BCUT2D eigenvalue weighted by atomic mass is 14.7. The molecule has 1 fully saturated rings. The van der Waals surface area contributed by atoms with Crippen LogP contribution in [0.2, 0.25) is 0 Å². The van der Waals surface area contributed by atoms with Gasteiger partial charge in [0, 0.05) is 5.54 Å². The molecule has 0 radical (unpaired) electrons. The van der Waals surface area contributed by atoms with E-state index in [1.165, 1.54) is 36.0 Å². The maximum absolute atomic E-state index is 6.81. The molecule has 1 saturated carbocycles. The minimum absolute atomic E-state index is 0.0975. The van der Waals surface area contributed by atoms with Gasteiger partial charge in [0.1, 0.15) is 0 Å². The van der Waals surface area contributed by atoms with Gasteiger partial charge in [-0.25, -0.2) is 0 Å². The molecular formula is C18H29N. The molecule has 2 unspecified atom stereocenters. The quantitative estimate of drug-likeness (QED) is 0.766. The fraction of sp³-hybridized carbons (Fsp3) is 0.667. The Balaban J connectivity index is 2.25. The van der Waals surface area contributed by atoms with Crippen LogP contribution in [0.1, 0.15) is 62.6 Å². The second-order valence-electron chi connectivity index (χ2n) is 6.84. The summed E-state index contributed by atoms with van der Waals surface area (Å²) in [5.74, 6) is 1.65. The van der Waals surface area contributed by atoms with Crippen LogP contribution in [0, 0.1) is 25.7 Å². The molecule has 0 heterocycles. The Morgan fingerprint density at radius 2 is 1.89 bits per heavy atom. The normalized spacial score (nSPS) is 28.4. The van der Waals surface area contributed by atoms with Gasteiger partial charge in [-0.05, 0) is 61.6 Å².